The number of ketones is 1. The molecule has 0 radical (unpaired) electrons. The van der Waals surface area contributed by atoms with Crippen LogP contribution in [0.2, 0.25) is 0 Å². The van der Waals surface area contributed by atoms with Gasteiger partial charge in [-0.15, -0.1) is 0 Å². The zero-order valence-corrected chi connectivity index (χ0v) is 21.9. The summed E-state index contributed by atoms with van der Waals surface area (Å²) in [5.74, 6) is -1.40. The van der Waals surface area contributed by atoms with E-state index in [1.165, 1.54) is 60.4 Å². The van der Waals surface area contributed by atoms with E-state index in [1.54, 1.807) is 12.1 Å². The van der Waals surface area contributed by atoms with Gasteiger partial charge in [0.25, 0.3) is 5.91 Å². The summed E-state index contributed by atoms with van der Waals surface area (Å²) in [5.41, 5.74) is 0.476. The van der Waals surface area contributed by atoms with E-state index in [1.807, 2.05) is 0 Å². The van der Waals surface area contributed by atoms with Crippen LogP contribution in [0.5, 0.6) is 0 Å². The van der Waals surface area contributed by atoms with Gasteiger partial charge in [-0.05, 0) is 92.7 Å². The van der Waals surface area contributed by atoms with Gasteiger partial charge in [-0.3, -0.25) is 14.4 Å². The fourth-order valence-corrected chi connectivity index (χ4v) is 4.76. The van der Waals surface area contributed by atoms with Gasteiger partial charge in [0.2, 0.25) is 5.91 Å². The Labute approximate surface area is 229 Å². The number of anilines is 2. The Morgan fingerprint density at radius 3 is 2.15 bits per heavy atom. The van der Waals surface area contributed by atoms with Gasteiger partial charge in [-0.2, -0.15) is 13.2 Å². The summed E-state index contributed by atoms with van der Waals surface area (Å²) >= 11 is 0. The second-order valence-corrected chi connectivity index (χ2v) is 9.75. The van der Waals surface area contributed by atoms with Gasteiger partial charge in [0.15, 0.2) is 5.78 Å². The minimum Gasteiger partial charge on any atom is -0.326 e. The van der Waals surface area contributed by atoms with Crippen molar-refractivity contribution in [2.45, 2.75) is 25.9 Å². The summed E-state index contributed by atoms with van der Waals surface area (Å²) in [7, 11) is 0. The topological polar surface area (TPSA) is 69.7 Å². The monoisotopic (exact) mass is 555 g/mol. The lowest BCUT2D eigenvalue weighted by Crippen LogP contribution is -2.43. The molecular weight excluding hydrogens is 526 g/mol. The number of amides is 2. The molecule has 0 saturated carbocycles. The number of carbonyl (C=O) groups is 3. The maximum atomic E-state index is 13.5. The molecule has 1 heterocycles. The average molecular weight is 556 g/mol. The van der Waals surface area contributed by atoms with E-state index in [2.05, 4.69) is 10.2 Å². The number of likely N-dealkylation sites (tertiary alicyclic amines) is 1. The first-order valence-corrected chi connectivity index (χ1v) is 12.9. The zero-order chi connectivity index (χ0) is 28.9. The minimum absolute atomic E-state index is 0.0388. The molecule has 1 fully saturated rings. The van der Waals surface area contributed by atoms with Crippen LogP contribution < -0.4 is 10.2 Å². The summed E-state index contributed by atoms with van der Waals surface area (Å²) in [5, 5.41) is 2.61. The molecule has 1 aliphatic heterocycles. The van der Waals surface area contributed by atoms with Gasteiger partial charge in [-0.25, -0.2) is 4.39 Å². The number of nitrogens with zero attached hydrogens (tertiary/aromatic N) is 2. The largest absolute Gasteiger partial charge is 0.416 e. The number of halogens is 4. The molecule has 0 unspecified atom stereocenters. The van der Waals surface area contributed by atoms with E-state index >= 15 is 0 Å². The van der Waals surface area contributed by atoms with Gasteiger partial charge in [-0.1, -0.05) is 6.07 Å². The van der Waals surface area contributed by atoms with Crippen LogP contribution in [-0.2, 0) is 11.0 Å². The number of nitrogens with one attached hydrogen (secondary N) is 1. The van der Waals surface area contributed by atoms with Crippen LogP contribution >= 0.6 is 0 Å². The fourth-order valence-electron chi connectivity index (χ4n) is 4.76. The van der Waals surface area contributed by atoms with Crippen LogP contribution in [0, 0.1) is 11.7 Å². The molecule has 0 spiro atoms. The molecule has 2 amide bonds. The molecule has 4 rings (SSSR count). The van der Waals surface area contributed by atoms with Crippen molar-refractivity contribution in [1.82, 2.24) is 4.90 Å². The Balaban J connectivity index is 1.46. The second kappa shape index (κ2) is 12.4. The summed E-state index contributed by atoms with van der Waals surface area (Å²) < 4.78 is 53.5. The predicted octanol–water partition coefficient (Wildman–Crippen LogP) is 6.04. The van der Waals surface area contributed by atoms with E-state index in [9.17, 15) is 31.9 Å². The number of rotatable bonds is 8. The van der Waals surface area contributed by atoms with Gasteiger partial charge in [0.1, 0.15) is 5.82 Å². The standard InChI is InChI=1S/C30H29F4N3O3/c1-20(38)35-26-11-7-23(8-12-26)29(40)37(27-4-2-3-24(19-27)30(32,33)34)18-17-36-15-13-22(14-16-36)28(39)21-5-9-25(31)10-6-21/h2-12,19,22H,13-18H2,1H3,(H,35,38). The van der Waals surface area contributed by atoms with Crippen LogP contribution in [0.25, 0.3) is 0 Å². The number of alkyl halides is 3. The zero-order valence-electron chi connectivity index (χ0n) is 21.9. The molecule has 0 bridgehead atoms. The van der Waals surface area contributed by atoms with Gasteiger partial charge in [0.05, 0.1) is 5.56 Å². The van der Waals surface area contributed by atoms with Crippen molar-refractivity contribution >= 4 is 29.0 Å². The van der Waals surface area contributed by atoms with Crippen LogP contribution in [-0.4, -0.2) is 48.7 Å². The fraction of sp³-hybridized carbons (Fsp3) is 0.300. The first-order valence-electron chi connectivity index (χ1n) is 12.9. The highest BCUT2D eigenvalue weighted by molar-refractivity contribution is 6.06. The van der Waals surface area contributed by atoms with Crippen molar-refractivity contribution in [1.29, 1.82) is 0 Å². The minimum atomic E-state index is -4.57. The Hall–Kier alpha value is -4.05. The third-order valence-corrected chi connectivity index (χ3v) is 6.91. The van der Waals surface area contributed by atoms with Crippen LogP contribution in [0.4, 0.5) is 28.9 Å². The highest BCUT2D eigenvalue weighted by Gasteiger charge is 2.32. The van der Waals surface area contributed by atoms with E-state index in [-0.39, 0.29) is 35.4 Å². The van der Waals surface area contributed by atoms with Crippen molar-refractivity contribution in [2.24, 2.45) is 5.92 Å². The molecule has 1 N–H and O–H groups in total. The van der Waals surface area contributed by atoms with Crippen LogP contribution in [0.15, 0.2) is 72.8 Å². The average Bonchev–Trinajstić information content (AvgIpc) is 2.93. The Kier molecular flexibility index (Phi) is 8.99. The molecule has 10 heteroatoms. The first kappa shape index (κ1) is 28.9. The van der Waals surface area contributed by atoms with E-state index in [0.29, 0.717) is 43.7 Å². The van der Waals surface area contributed by atoms with Crippen LogP contribution in [0.1, 0.15) is 46.0 Å². The molecule has 210 valence electrons. The molecular formula is C30H29F4N3O3. The van der Waals surface area contributed by atoms with Gasteiger partial charge >= 0.3 is 6.18 Å². The van der Waals surface area contributed by atoms with Crippen molar-refractivity contribution in [2.75, 3.05) is 36.4 Å². The number of carbonyl (C=O) groups excluding carboxylic acids is 3. The van der Waals surface area contributed by atoms with E-state index in [4.69, 9.17) is 0 Å². The summed E-state index contributed by atoms with van der Waals surface area (Å²) in [6.07, 6.45) is -3.40. The second-order valence-electron chi connectivity index (χ2n) is 9.75. The molecule has 3 aromatic carbocycles. The molecule has 40 heavy (non-hydrogen) atoms. The molecule has 0 atom stereocenters. The lowest BCUT2D eigenvalue weighted by atomic mass is 9.89. The molecule has 6 nitrogen and oxygen atoms in total. The van der Waals surface area contributed by atoms with Crippen molar-refractivity contribution < 1.29 is 31.9 Å². The van der Waals surface area contributed by atoms with Crippen molar-refractivity contribution in [3.8, 4) is 0 Å². The molecule has 1 saturated heterocycles. The number of benzene rings is 3. The lowest BCUT2D eigenvalue weighted by Gasteiger charge is -2.33. The summed E-state index contributed by atoms with van der Waals surface area (Å²) in [6.45, 7) is 3.03. The SMILES string of the molecule is CC(=O)Nc1ccc(C(=O)N(CCN2CCC(C(=O)c3ccc(F)cc3)CC2)c2cccc(C(F)(F)F)c2)cc1. The summed E-state index contributed by atoms with van der Waals surface area (Å²) in [6, 6.07) is 16.3. The number of piperidine rings is 1. The maximum absolute atomic E-state index is 13.5. The number of Topliss-reactive ketones (excluding diaryl/α,β-unsaturated/α-hetero) is 1. The maximum Gasteiger partial charge on any atom is 0.416 e. The Morgan fingerprint density at radius 2 is 1.55 bits per heavy atom. The van der Waals surface area contributed by atoms with E-state index in [0.717, 1.165) is 12.1 Å². The quantitative estimate of drug-likeness (QED) is 0.272. The highest BCUT2D eigenvalue weighted by atomic mass is 19.4. The van der Waals surface area contributed by atoms with Crippen LogP contribution in [0.3, 0.4) is 0 Å². The normalized spacial score (nSPS) is 14.5. The van der Waals surface area contributed by atoms with Crippen molar-refractivity contribution in [3.05, 3.63) is 95.3 Å². The third kappa shape index (κ3) is 7.32. The molecule has 0 aromatic heterocycles. The lowest BCUT2D eigenvalue weighted by molar-refractivity contribution is -0.137. The highest BCUT2D eigenvalue weighted by Crippen LogP contribution is 2.32. The Morgan fingerprint density at radius 1 is 0.925 bits per heavy atom. The number of hydrogen-bond donors (Lipinski definition) is 1. The predicted molar refractivity (Wildman–Crippen MR) is 144 cm³/mol. The molecule has 0 aliphatic carbocycles. The van der Waals surface area contributed by atoms with E-state index < -0.39 is 23.5 Å². The third-order valence-electron chi connectivity index (χ3n) is 6.91. The molecule has 1 aliphatic rings. The number of hydrogen-bond acceptors (Lipinski definition) is 4. The van der Waals surface area contributed by atoms with Gasteiger partial charge in [0, 0.05) is 48.4 Å². The smallest absolute Gasteiger partial charge is 0.326 e. The van der Waals surface area contributed by atoms with Crippen molar-refractivity contribution in [3.63, 3.8) is 0 Å². The summed E-state index contributed by atoms with van der Waals surface area (Å²) in [4.78, 5) is 41.0. The molecule has 3 aromatic rings. The Bertz CT molecular complexity index is 1350. The first-order chi connectivity index (χ1) is 19.0. The van der Waals surface area contributed by atoms with Gasteiger partial charge < -0.3 is 15.1 Å².